The first kappa shape index (κ1) is 17.1. The van der Waals surface area contributed by atoms with Crippen LogP contribution in [0.25, 0.3) is 10.9 Å². The molecule has 6 heteroatoms. The van der Waals surface area contributed by atoms with Crippen LogP contribution in [0.3, 0.4) is 0 Å². The number of benzene rings is 1. The fraction of sp³-hybridized carbons (Fsp3) is 0.316. The number of rotatable bonds is 6. The number of anilines is 1. The molecule has 0 fully saturated rings. The third-order valence-corrected chi connectivity index (χ3v) is 4.19. The van der Waals surface area contributed by atoms with Crippen molar-refractivity contribution in [2.75, 3.05) is 11.9 Å². The van der Waals surface area contributed by atoms with Gasteiger partial charge in [-0.2, -0.15) is 0 Å². The highest BCUT2D eigenvalue weighted by Crippen LogP contribution is 2.19. The summed E-state index contributed by atoms with van der Waals surface area (Å²) in [6.45, 7) is 6.14. The Morgan fingerprint density at radius 3 is 2.76 bits per heavy atom. The number of fused-ring (bicyclic) bond motifs is 1. The molecule has 1 aromatic carbocycles. The Kier molecular flexibility index (Phi) is 5.09. The summed E-state index contributed by atoms with van der Waals surface area (Å²) in [6, 6.07) is 9.86. The van der Waals surface area contributed by atoms with Gasteiger partial charge in [0.15, 0.2) is 0 Å². The van der Waals surface area contributed by atoms with Crippen LogP contribution >= 0.6 is 0 Å². The Morgan fingerprint density at radius 2 is 2.08 bits per heavy atom. The van der Waals surface area contributed by atoms with E-state index < -0.39 is 0 Å². The van der Waals surface area contributed by atoms with Gasteiger partial charge in [-0.15, -0.1) is 0 Å². The molecular weight excluding hydrogens is 314 g/mol. The fourth-order valence-corrected chi connectivity index (χ4v) is 2.79. The molecule has 0 spiro atoms. The largest absolute Gasteiger partial charge is 0.337 e. The lowest BCUT2D eigenvalue weighted by atomic mass is 10.1. The quantitative estimate of drug-likeness (QED) is 0.751. The molecule has 0 aliphatic carbocycles. The Morgan fingerprint density at radius 1 is 1.24 bits per heavy atom. The average molecular weight is 337 g/mol. The summed E-state index contributed by atoms with van der Waals surface area (Å²) in [4.78, 5) is 22.6. The van der Waals surface area contributed by atoms with Crippen LogP contribution in [0.4, 0.5) is 5.69 Å². The number of amides is 1. The summed E-state index contributed by atoms with van der Waals surface area (Å²) in [5, 5.41) is 3.81. The highest BCUT2D eigenvalue weighted by atomic mass is 16.1. The summed E-state index contributed by atoms with van der Waals surface area (Å²) in [7, 11) is 2.01. The van der Waals surface area contributed by atoms with Gasteiger partial charge in [0.05, 0.1) is 17.8 Å². The van der Waals surface area contributed by atoms with Gasteiger partial charge in [0.25, 0.3) is 0 Å². The van der Waals surface area contributed by atoms with E-state index in [0.717, 1.165) is 47.7 Å². The molecule has 25 heavy (non-hydrogen) atoms. The van der Waals surface area contributed by atoms with Crippen molar-refractivity contribution in [3.63, 3.8) is 0 Å². The number of nitrogens with zero attached hydrogens (tertiary/aromatic N) is 4. The van der Waals surface area contributed by atoms with Crippen LogP contribution in [0.1, 0.15) is 25.4 Å². The second kappa shape index (κ2) is 7.44. The molecular formula is C19H23N5O. The van der Waals surface area contributed by atoms with Gasteiger partial charge in [-0.25, -0.2) is 4.98 Å². The topological polar surface area (TPSA) is 63.1 Å². The van der Waals surface area contributed by atoms with E-state index in [1.54, 1.807) is 0 Å². The standard InChI is InChI=1S/C19H23N5O/c1-4-24(13-19-20-9-10-23(19)3)12-17-6-5-15-11-16(21-14(2)25)7-8-18(15)22-17/h5-11H,4,12-13H2,1-3H3,(H,21,25). The van der Waals surface area contributed by atoms with Crippen molar-refractivity contribution in [3.05, 3.63) is 54.2 Å². The lowest BCUT2D eigenvalue weighted by molar-refractivity contribution is -0.114. The van der Waals surface area contributed by atoms with E-state index in [9.17, 15) is 4.79 Å². The summed E-state index contributed by atoms with van der Waals surface area (Å²) in [6.07, 6.45) is 3.79. The monoisotopic (exact) mass is 337 g/mol. The van der Waals surface area contributed by atoms with E-state index >= 15 is 0 Å². The molecule has 1 amide bonds. The normalized spacial score (nSPS) is 11.2. The maximum absolute atomic E-state index is 11.2. The first-order chi connectivity index (χ1) is 12.0. The molecule has 0 saturated heterocycles. The van der Waals surface area contributed by atoms with Gasteiger partial charge in [0.1, 0.15) is 5.82 Å². The number of aromatic nitrogens is 3. The van der Waals surface area contributed by atoms with Crippen LogP contribution in [0.5, 0.6) is 0 Å². The number of nitrogens with one attached hydrogen (secondary N) is 1. The molecule has 0 aliphatic heterocycles. The summed E-state index contributed by atoms with van der Waals surface area (Å²) >= 11 is 0. The van der Waals surface area contributed by atoms with Crippen molar-refractivity contribution < 1.29 is 4.79 Å². The van der Waals surface area contributed by atoms with Gasteiger partial charge in [-0.1, -0.05) is 13.0 Å². The van der Waals surface area contributed by atoms with Crippen LogP contribution in [-0.4, -0.2) is 31.9 Å². The Bertz CT molecular complexity index is 886. The first-order valence-electron chi connectivity index (χ1n) is 8.41. The molecule has 3 aromatic rings. The molecule has 130 valence electrons. The third-order valence-electron chi connectivity index (χ3n) is 4.19. The Hall–Kier alpha value is -2.73. The molecule has 1 N–H and O–H groups in total. The number of pyridine rings is 1. The van der Waals surface area contributed by atoms with E-state index in [4.69, 9.17) is 4.98 Å². The number of carbonyl (C=O) groups is 1. The zero-order chi connectivity index (χ0) is 17.8. The second-order valence-corrected chi connectivity index (χ2v) is 6.15. The van der Waals surface area contributed by atoms with Crippen molar-refractivity contribution in [1.29, 1.82) is 0 Å². The molecule has 0 saturated carbocycles. The molecule has 3 rings (SSSR count). The van der Waals surface area contributed by atoms with Crippen molar-refractivity contribution in [2.45, 2.75) is 26.9 Å². The van der Waals surface area contributed by atoms with Crippen molar-refractivity contribution in [2.24, 2.45) is 7.05 Å². The van der Waals surface area contributed by atoms with Gasteiger partial charge in [0, 0.05) is 44.0 Å². The highest BCUT2D eigenvalue weighted by Gasteiger charge is 2.10. The molecule has 2 heterocycles. The maximum atomic E-state index is 11.2. The van der Waals surface area contributed by atoms with Crippen molar-refractivity contribution in [3.8, 4) is 0 Å². The smallest absolute Gasteiger partial charge is 0.221 e. The zero-order valence-corrected chi connectivity index (χ0v) is 14.9. The van der Waals surface area contributed by atoms with Gasteiger partial charge in [-0.05, 0) is 30.8 Å². The lowest BCUT2D eigenvalue weighted by Crippen LogP contribution is -2.24. The van der Waals surface area contributed by atoms with Crippen LogP contribution < -0.4 is 5.32 Å². The lowest BCUT2D eigenvalue weighted by Gasteiger charge is -2.19. The number of hydrogen-bond acceptors (Lipinski definition) is 4. The minimum Gasteiger partial charge on any atom is -0.337 e. The predicted octanol–water partition coefficient (Wildman–Crippen LogP) is 2.95. The van der Waals surface area contributed by atoms with Crippen LogP contribution in [-0.2, 0) is 24.9 Å². The summed E-state index contributed by atoms with van der Waals surface area (Å²) in [5.41, 5.74) is 2.75. The van der Waals surface area contributed by atoms with Gasteiger partial charge >= 0.3 is 0 Å². The molecule has 0 radical (unpaired) electrons. The van der Waals surface area contributed by atoms with E-state index in [2.05, 4.69) is 28.2 Å². The van der Waals surface area contributed by atoms with E-state index in [1.807, 2.05) is 48.3 Å². The molecule has 2 aromatic heterocycles. The first-order valence-corrected chi connectivity index (χ1v) is 8.41. The Balaban J connectivity index is 1.76. The Labute approximate surface area is 147 Å². The average Bonchev–Trinajstić information content (AvgIpc) is 2.98. The van der Waals surface area contributed by atoms with Gasteiger partial charge < -0.3 is 9.88 Å². The third kappa shape index (κ3) is 4.22. The van der Waals surface area contributed by atoms with E-state index in [1.165, 1.54) is 6.92 Å². The van der Waals surface area contributed by atoms with E-state index in [-0.39, 0.29) is 5.91 Å². The van der Waals surface area contributed by atoms with E-state index in [0.29, 0.717) is 0 Å². The van der Waals surface area contributed by atoms with Crippen LogP contribution in [0, 0.1) is 0 Å². The fourth-order valence-electron chi connectivity index (χ4n) is 2.79. The van der Waals surface area contributed by atoms with Crippen LogP contribution in [0.2, 0.25) is 0 Å². The highest BCUT2D eigenvalue weighted by molar-refractivity contribution is 5.92. The van der Waals surface area contributed by atoms with Crippen molar-refractivity contribution >= 4 is 22.5 Å². The van der Waals surface area contributed by atoms with Gasteiger partial charge in [0.2, 0.25) is 5.91 Å². The molecule has 6 nitrogen and oxygen atoms in total. The SMILES string of the molecule is CCN(Cc1ccc2cc(NC(C)=O)ccc2n1)Cc1nccn1C. The van der Waals surface area contributed by atoms with Gasteiger partial charge in [-0.3, -0.25) is 14.7 Å². The minimum atomic E-state index is -0.0724. The molecule has 0 atom stereocenters. The second-order valence-electron chi connectivity index (χ2n) is 6.15. The molecule has 0 aliphatic rings. The number of aryl methyl sites for hydroxylation is 1. The predicted molar refractivity (Wildman–Crippen MR) is 99.0 cm³/mol. The summed E-state index contributed by atoms with van der Waals surface area (Å²) in [5.74, 6) is 0.972. The van der Waals surface area contributed by atoms with Crippen molar-refractivity contribution in [1.82, 2.24) is 19.4 Å². The number of imidazole rings is 1. The minimum absolute atomic E-state index is 0.0724. The molecule has 0 unspecified atom stereocenters. The maximum Gasteiger partial charge on any atom is 0.221 e. The summed E-state index contributed by atoms with van der Waals surface area (Å²) < 4.78 is 2.04. The number of hydrogen-bond donors (Lipinski definition) is 1. The van der Waals surface area contributed by atoms with Crippen LogP contribution in [0.15, 0.2) is 42.7 Å². The molecule has 0 bridgehead atoms. The number of carbonyl (C=O) groups excluding carboxylic acids is 1. The zero-order valence-electron chi connectivity index (χ0n) is 14.9.